The first-order chi connectivity index (χ1) is 8.81. The van der Waals surface area contributed by atoms with E-state index in [0.29, 0.717) is 13.1 Å². The van der Waals surface area contributed by atoms with Crippen molar-refractivity contribution < 1.29 is 9.53 Å². The maximum absolute atomic E-state index is 12.0. The summed E-state index contributed by atoms with van der Waals surface area (Å²) in [5.74, 6) is 1.03. The lowest BCUT2D eigenvalue weighted by atomic mass is 10.1. The summed E-state index contributed by atoms with van der Waals surface area (Å²) in [7, 11) is 3.79. The molecule has 2 rings (SSSR count). The van der Waals surface area contributed by atoms with E-state index >= 15 is 0 Å². The number of anilines is 1. The Morgan fingerprint density at radius 2 is 2.11 bits per heavy atom. The third kappa shape index (κ3) is 2.83. The lowest BCUT2D eigenvalue weighted by Gasteiger charge is -2.29. The number of hydrogen-bond donors (Lipinski definition) is 1. The zero-order chi connectivity index (χ0) is 14.2. The van der Waals surface area contributed by atoms with E-state index in [-0.39, 0.29) is 6.09 Å². The van der Waals surface area contributed by atoms with Crippen LogP contribution in [0.15, 0.2) is 0 Å². The normalized spacial score (nSPS) is 15.1. The zero-order valence-electron chi connectivity index (χ0n) is 12.3. The molecule has 0 spiro atoms. The van der Waals surface area contributed by atoms with Gasteiger partial charge in [0, 0.05) is 26.2 Å². The molecule has 0 saturated heterocycles. The molecule has 0 atom stereocenters. The Morgan fingerprint density at radius 3 is 2.68 bits per heavy atom. The minimum atomic E-state index is -0.461. The van der Waals surface area contributed by atoms with E-state index in [1.165, 1.54) is 5.56 Å². The molecule has 0 aromatic carbocycles. The van der Waals surface area contributed by atoms with Crippen molar-refractivity contribution in [3.8, 4) is 0 Å². The van der Waals surface area contributed by atoms with Crippen LogP contribution in [0.1, 0.15) is 32.0 Å². The smallest absolute Gasteiger partial charge is 0.410 e. The van der Waals surface area contributed by atoms with E-state index < -0.39 is 5.60 Å². The molecule has 1 amide bonds. The fourth-order valence-corrected chi connectivity index (χ4v) is 2.31. The molecule has 0 fully saturated rings. The van der Waals surface area contributed by atoms with Gasteiger partial charge in [0.05, 0.1) is 12.2 Å². The summed E-state index contributed by atoms with van der Waals surface area (Å²) in [5, 5.41) is 7.61. The quantitative estimate of drug-likeness (QED) is 0.841. The number of aryl methyl sites for hydroxylation is 1. The Balaban J connectivity index is 2.12. The molecule has 0 saturated carbocycles. The summed E-state index contributed by atoms with van der Waals surface area (Å²) in [5.41, 5.74) is 1.69. The second kappa shape index (κ2) is 4.75. The van der Waals surface area contributed by atoms with Crippen LogP contribution in [0.2, 0.25) is 0 Å². The summed E-state index contributed by atoms with van der Waals surface area (Å²) >= 11 is 0. The molecular weight excluding hydrogens is 244 g/mol. The maximum atomic E-state index is 12.0. The molecule has 6 nitrogen and oxygen atoms in total. The lowest BCUT2D eigenvalue weighted by Crippen LogP contribution is -2.39. The largest absolute Gasteiger partial charge is 0.444 e. The highest BCUT2D eigenvalue weighted by atomic mass is 16.6. The average Bonchev–Trinajstić information content (AvgIpc) is 2.60. The molecule has 1 N–H and O–H groups in total. The molecule has 1 aliphatic heterocycles. The fourth-order valence-electron chi connectivity index (χ4n) is 2.31. The number of aromatic nitrogens is 2. The van der Waals surface area contributed by atoms with Crippen LogP contribution in [-0.2, 0) is 24.8 Å². The van der Waals surface area contributed by atoms with Crippen LogP contribution in [0.4, 0.5) is 10.6 Å². The number of ether oxygens (including phenoxy) is 1. The topological polar surface area (TPSA) is 59.4 Å². The van der Waals surface area contributed by atoms with Crippen molar-refractivity contribution in [2.45, 2.75) is 39.3 Å². The zero-order valence-corrected chi connectivity index (χ0v) is 12.3. The number of hydrogen-bond acceptors (Lipinski definition) is 4. The van der Waals surface area contributed by atoms with Gasteiger partial charge in [-0.25, -0.2) is 4.79 Å². The van der Waals surface area contributed by atoms with Crippen LogP contribution in [0.3, 0.4) is 0 Å². The van der Waals surface area contributed by atoms with Gasteiger partial charge in [0.15, 0.2) is 0 Å². The first kappa shape index (κ1) is 13.7. The second-order valence-electron chi connectivity index (χ2n) is 5.80. The van der Waals surface area contributed by atoms with Crippen LogP contribution in [0, 0.1) is 0 Å². The predicted octanol–water partition coefficient (Wildman–Crippen LogP) is 1.75. The van der Waals surface area contributed by atoms with Gasteiger partial charge in [-0.15, -0.1) is 0 Å². The fraction of sp³-hybridized carbons (Fsp3) is 0.692. The highest BCUT2D eigenvalue weighted by Gasteiger charge is 2.29. The molecule has 6 heteroatoms. The molecule has 1 aromatic rings. The number of nitrogens with one attached hydrogen (secondary N) is 1. The Bertz CT molecular complexity index is 488. The lowest BCUT2D eigenvalue weighted by molar-refractivity contribution is 0.0221. The molecule has 1 aliphatic rings. The van der Waals surface area contributed by atoms with E-state index in [0.717, 1.165) is 17.9 Å². The highest BCUT2D eigenvalue weighted by Crippen LogP contribution is 2.26. The van der Waals surface area contributed by atoms with Crippen LogP contribution >= 0.6 is 0 Å². The molecule has 0 bridgehead atoms. The first-order valence-electron chi connectivity index (χ1n) is 6.52. The molecule has 19 heavy (non-hydrogen) atoms. The number of carbonyl (C=O) groups is 1. The number of rotatable bonds is 1. The number of fused-ring (bicyclic) bond motifs is 1. The number of amides is 1. The number of nitrogens with zero attached hydrogens (tertiary/aromatic N) is 3. The van der Waals surface area contributed by atoms with Gasteiger partial charge in [-0.2, -0.15) is 5.10 Å². The molecule has 1 aromatic heterocycles. The van der Waals surface area contributed by atoms with Crippen molar-refractivity contribution in [3.05, 3.63) is 11.3 Å². The van der Waals surface area contributed by atoms with Crippen LogP contribution in [-0.4, -0.2) is 40.0 Å². The summed E-state index contributed by atoms with van der Waals surface area (Å²) in [6, 6.07) is 0. The molecule has 2 heterocycles. The second-order valence-corrected chi connectivity index (χ2v) is 5.80. The Hall–Kier alpha value is -1.72. The Kier molecular flexibility index (Phi) is 3.43. The van der Waals surface area contributed by atoms with Gasteiger partial charge in [0.25, 0.3) is 0 Å². The van der Waals surface area contributed by atoms with E-state index in [4.69, 9.17) is 4.74 Å². The van der Waals surface area contributed by atoms with E-state index in [9.17, 15) is 4.79 Å². The first-order valence-corrected chi connectivity index (χ1v) is 6.52. The van der Waals surface area contributed by atoms with E-state index in [1.54, 1.807) is 4.90 Å². The van der Waals surface area contributed by atoms with Crippen molar-refractivity contribution in [2.24, 2.45) is 7.05 Å². The molecule has 0 radical (unpaired) electrons. The van der Waals surface area contributed by atoms with E-state index in [2.05, 4.69) is 10.4 Å². The SMILES string of the molecule is CNc1c2c(nn1C)CN(C(=O)OC(C)(C)C)CC2. The van der Waals surface area contributed by atoms with Crippen LogP contribution in [0.5, 0.6) is 0 Å². The third-order valence-corrected chi connectivity index (χ3v) is 3.09. The molecule has 0 unspecified atom stereocenters. The maximum Gasteiger partial charge on any atom is 0.410 e. The van der Waals surface area contributed by atoms with Gasteiger partial charge >= 0.3 is 6.09 Å². The van der Waals surface area contributed by atoms with Gasteiger partial charge in [-0.05, 0) is 27.2 Å². The summed E-state index contributed by atoms with van der Waals surface area (Å²) in [6.45, 7) is 6.81. The van der Waals surface area contributed by atoms with Gasteiger partial charge in [-0.3, -0.25) is 4.68 Å². The highest BCUT2D eigenvalue weighted by molar-refractivity contribution is 5.69. The molecule has 0 aliphatic carbocycles. The van der Waals surface area contributed by atoms with Gasteiger partial charge in [-0.1, -0.05) is 0 Å². The number of carbonyl (C=O) groups excluding carboxylic acids is 1. The van der Waals surface area contributed by atoms with Gasteiger partial charge < -0.3 is 15.0 Å². The average molecular weight is 266 g/mol. The summed E-state index contributed by atoms with van der Waals surface area (Å²) < 4.78 is 7.22. The van der Waals surface area contributed by atoms with Gasteiger partial charge in [0.1, 0.15) is 11.4 Å². The predicted molar refractivity (Wildman–Crippen MR) is 73.1 cm³/mol. The van der Waals surface area contributed by atoms with Crippen molar-refractivity contribution in [2.75, 3.05) is 18.9 Å². The minimum absolute atomic E-state index is 0.269. The standard InChI is InChI=1S/C13H22N4O2/c1-13(2,3)19-12(18)17-7-6-9-10(8-17)15-16(5)11(9)14-4/h14H,6-8H2,1-5H3. The van der Waals surface area contributed by atoms with Crippen molar-refractivity contribution in [1.82, 2.24) is 14.7 Å². The summed E-state index contributed by atoms with van der Waals surface area (Å²) in [6.07, 6.45) is 0.535. The van der Waals surface area contributed by atoms with Crippen molar-refractivity contribution in [3.63, 3.8) is 0 Å². The third-order valence-electron chi connectivity index (χ3n) is 3.09. The van der Waals surface area contributed by atoms with Crippen LogP contribution < -0.4 is 5.32 Å². The van der Waals surface area contributed by atoms with Crippen LogP contribution in [0.25, 0.3) is 0 Å². The van der Waals surface area contributed by atoms with Crippen molar-refractivity contribution in [1.29, 1.82) is 0 Å². The van der Waals surface area contributed by atoms with Gasteiger partial charge in [0.2, 0.25) is 0 Å². The summed E-state index contributed by atoms with van der Waals surface area (Å²) in [4.78, 5) is 13.7. The molecular formula is C13H22N4O2. The van der Waals surface area contributed by atoms with E-state index in [1.807, 2.05) is 39.5 Å². The van der Waals surface area contributed by atoms with Crippen molar-refractivity contribution >= 4 is 11.9 Å². The molecule has 106 valence electrons. The Morgan fingerprint density at radius 1 is 1.42 bits per heavy atom. The minimum Gasteiger partial charge on any atom is -0.444 e. The Labute approximate surface area is 113 Å². The monoisotopic (exact) mass is 266 g/mol.